The Hall–Kier alpha value is -2.43. The molecule has 4 rings (SSSR count). The number of amides is 1. The Kier molecular flexibility index (Phi) is 8.13. The SMILES string of the molecule is CC1CC=Cc2sc(Oc3ccc(OCCN4CCC(C(=O)NS(=O)(=O)C(C)C)CC4)cc3)nc21. The van der Waals surface area contributed by atoms with Crippen molar-refractivity contribution in [3.63, 3.8) is 0 Å². The molecule has 2 aromatic rings. The molecule has 1 aromatic carbocycles. The van der Waals surface area contributed by atoms with Crippen LogP contribution in [0.15, 0.2) is 30.3 Å². The van der Waals surface area contributed by atoms with Gasteiger partial charge in [-0.3, -0.25) is 14.4 Å². The number of hydrogen-bond acceptors (Lipinski definition) is 8. The van der Waals surface area contributed by atoms with Crippen LogP contribution in [0.2, 0.25) is 0 Å². The lowest BCUT2D eigenvalue weighted by Crippen LogP contribution is -2.44. The number of aromatic nitrogens is 1. The van der Waals surface area contributed by atoms with Gasteiger partial charge in [0.2, 0.25) is 15.9 Å². The summed E-state index contributed by atoms with van der Waals surface area (Å²) in [7, 11) is -3.58. The summed E-state index contributed by atoms with van der Waals surface area (Å²) in [5.41, 5.74) is 1.11. The third-order valence-corrected chi connectivity index (χ3v) is 9.06. The second kappa shape index (κ2) is 11.1. The summed E-state index contributed by atoms with van der Waals surface area (Å²) in [5, 5.41) is 0.0316. The van der Waals surface area contributed by atoms with Crippen molar-refractivity contribution >= 4 is 33.3 Å². The standard InChI is InChI=1S/C25H33N3O5S2/c1-17(2)35(30,31)27-24(29)19-11-13-28(14-12-19)15-16-32-20-7-9-21(10-8-20)33-25-26-23-18(3)5-4-6-22(23)34-25/h4,6-10,17-19H,5,11-16H2,1-3H3,(H,27,29). The quantitative estimate of drug-likeness (QED) is 0.524. The zero-order chi connectivity index (χ0) is 25.0. The maximum atomic E-state index is 12.3. The van der Waals surface area contributed by atoms with Crippen LogP contribution in [0.5, 0.6) is 16.7 Å². The number of fused-ring (bicyclic) bond motifs is 1. The van der Waals surface area contributed by atoms with E-state index in [1.807, 2.05) is 24.3 Å². The van der Waals surface area contributed by atoms with E-state index >= 15 is 0 Å². The van der Waals surface area contributed by atoms with E-state index in [1.54, 1.807) is 25.2 Å². The normalized spacial score (nSPS) is 18.9. The third-order valence-electron chi connectivity index (χ3n) is 6.41. The third kappa shape index (κ3) is 6.62. The second-order valence-electron chi connectivity index (χ2n) is 9.37. The van der Waals surface area contributed by atoms with Crippen LogP contribution >= 0.6 is 11.3 Å². The number of benzene rings is 1. The topological polar surface area (TPSA) is 97.8 Å². The molecule has 0 spiro atoms. The van der Waals surface area contributed by atoms with Gasteiger partial charge in [-0.15, -0.1) is 0 Å². The minimum absolute atomic E-state index is 0.268. The fraction of sp³-hybridized carbons (Fsp3) is 0.520. The Morgan fingerprint density at radius 1 is 1.20 bits per heavy atom. The highest BCUT2D eigenvalue weighted by atomic mass is 32.2. The zero-order valence-corrected chi connectivity index (χ0v) is 22.0. The van der Waals surface area contributed by atoms with Crippen LogP contribution in [-0.2, 0) is 14.8 Å². The molecule has 8 nitrogen and oxygen atoms in total. The number of sulfonamides is 1. The average Bonchev–Trinajstić information content (AvgIpc) is 3.24. The van der Waals surface area contributed by atoms with Gasteiger partial charge >= 0.3 is 0 Å². The average molecular weight is 520 g/mol. The van der Waals surface area contributed by atoms with Gasteiger partial charge in [0.05, 0.1) is 15.8 Å². The van der Waals surface area contributed by atoms with Crippen molar-refractivity contribution < 1.29 is 22.7 Å². The molecular formula is C25H33N3O5S2. The number of carbonyl (C=O) groups is 1. The van der Waals surface area contributed by atoms with Crippen LogP contribution < -0.4 is 14.2 Å². The number of thiazole rings is 1. The Labute approximate surface area is 211 Å². The summed E-state index contributed by atoms with van der Waals surface area (Å²) in [4.78, 5) is 20.3. The lowest BCUT2D eigenvalue weighted by atomic mass is 9.96. The van der Waals surface area contributed by atoms with E-state index in [4.69, 9.17) is 9.47 Å². The van der Waals surface area contributed by atoms with Crippen molar-refractivity contribution in [2.45, 2.75) is 51.2 Å². The van der Waals surface area contributed by atoms with Crippen LogP contribution in [0, 0.1) is 5.92 Å². The van der Waals surface area contributed by atoms with E-state index in [-0.39, 0.29) is 11.8 Å². The van der Waals surface area contributed by atoms with E-state index in [0.29, 0.717) is 30.6 Å². The summed E-state index contributed by atoms with van der Waals surface area (Å²) >= 11 is 1.56. The van der Waals surface area contributed by atoms with Gasteiger partial charge in [0.25, 0.3) is 5.19 Å². The molecule has 10 heteroatoms. The van der Waals surface area contributed by atoms with Gasteiger partial charge in [0.15, 0.2) is 0 Å². The maximum Gasteiger partial charge on any atom is 0.279 e. The molecule has 1 aliphatic heterocycles. The number of likely N-dealkylation sites (tertiary alicyclic amines) is 1. The van der Waals surface area contributed by atoms with Gasteiger partial charge in [-0.25, -0.2) is 13.4 Å². The fourth-order valence-corrected chi connectivity index (χ4v) is 5.76. The number of hydrogen-bond donors (Lipinski definition) is 1. The van der Waals surface area contributed by atoms with Crippen LogP contribution in [-0.4, -0.2) is 55.7 Å². The van der Waals surface area contributed by atoms with Crippen molar-refractivity contribution in [2.75, 3.05) is 26.2 Å². The lowest BCUT2D eigenvalue weighted by Gasteiger charge is -2.31. The molecule has 2 heterocycles. The Morgan fingerprint density at radius 2 is 1.89 bits per heavy atom. The van der Waals surface area contributed by atoms with E-state index in [2.05, 4.69) is 33.7 Å². The van der Waals surface area contributed by atoms with Crippen LogP contribution in [0.4, 0.5) is 0 Å². The van der Waals surface area contributed by atoms with Crippen molar-refractivity contribution in [3.05, 3.63) is 40.9 Å². The minimum atomic E-state index is -3.58. The number of nitrogens with zero attached hydrogens (tertiary/aromatic N) is 2. The monoisotopic (exact) mass is 519 g/mol. The molecule has 1 aliphatic carbocycles. The molecule has 2 aliphatic rings. The van der Waals surface area contributed by atoms with Crippen LogP contribution in [0.1, 0.15) is 56.5 Å². The molecule has 1 N–H and O–H groups in total. The first-order chi connectivity index (χ1) is 16.7. The molecule has 0 bridgehead atoms. The first kappa shape index (κ1) is 25.7. The molecule has 1 amide bonds. The van der Waals surface area contributed by atoms with Crippen molar-refractivity contribution in [1.29, 1.82) is 0 Å². The van der Waals surface area contributed by atoms with Gasteiger partial charge in [0.1, 0.15) is 18.1 Å². The second-order valence-corrected chi connectivity index (χ2v) is 12.6. The fourth-order valence-electron chi connectivity index (χ4n) is 4.09. The van der Waals surface area contributed by atoms with Gasteiger partial charge < -0.3 is 9.47 Å². The molecule has 1 unspecified atom stereocenters. The lowest BCUT2D eigenvalue weighted by molar-refractivity contribution is -0.124. The van der Waals surface area contributed by atoms with E-state index in [0.717, 1.165) is 43.2 Å². The molecule has 190 valence electrons. The molecule has 1 fully saturated rings. The molecule has 1 atom stereocenters. The van der Waals surface area contributed by atoms with E-state index in [9.17, 15) is 13.2 Å². The van der Waals surface area contributed by atoms with Gasteiger partial charge in [-0.1, -0.05) is 24.3 Å². The van der Waals surface area contributed by atoms with Gasteiger partial charge in [-0.2, -0.15) is 0 Å². The van der Waals surface area contributed by atoms with Gasteiger partial charge in [-0.05, 0) is 76.5 Å². The number of carbonyl (C=O) groups excluding carboxylic acids is 1. The summed E-state index contributed by atoms with van der Waals surface area (Å²) in [6.07, 6.45) is 6.59. The predicted octanol–water partition coefficient (Wildman–Crippen LogP) is 4.40. The van der Waals surface area contributed by atoms with E-state index < -0.39 is 15.3 Å². The molecular weight excluding hydrogens is 486 g/mol. The van der Waals surface area contributed by atoms with Crippen LogP contribution in [0.25, 0.3) is 6.08 Å². The number of rotatable bonds is 9. The molecule has 0 saturated carbocycles. The predicted molar refractivity (Wildman–Crippen MR) is 138 cm³/mol. The van der Waals surface area contributed by atoms with Crippen molar-refractivity contribution in [2.24, 2.45) is 5.92 Å². The highest BCUT2D eigenvalue weighted by Gasteiger charge is 2.28. The Morgan fingerprint density at radius 3 is 2.54 bits per heavy atom. The smallest absolute Gasteiger partial charge is 0.279 e. The molecule has 1 aromatic heterocycles. The number of ether oxygens (including phenoxy) is 2. The molecule has 0 radical (unpaired) electrons. The Bertz CT molecular complexity index is 1150. The van der Waals surface area contributed by atoms with Crippen molar-refractivity contribution in [1.82, 2.24) is 14.6 Å². The van der Waals surface area contributed by atoms with E-state index in [1.165, 1.54) is 4.88 Å². The highest BCUT2D eigenvalue weighted by Crippen LogP contribution is 2.37. The zero-order valence-electron chi connectivity index (χ0n) is 20.4. The number of nitrogens with one attached hydrogen (secondary N) is 1. The molecule has 35 heavy (non-hydrogen) atoms. The maximum absolute atomic E-state index is 12.3. The van der Waals surface area contributed by atoms with Crippen LogP contribution in [0.3, 0.4) is 0 Å². The first-order valence-electron chi connectivity index (χ1n) is 12.1. The first-order valence-corrected chi connectivity index (χ1v) is 14.4. The van der Waals surface area contributed by atoms with Crippen molar-refractivity contribution in [3.8, 4) is 16.7 Å². The highest BCUT2D eigenvalue weighted by molar-refractivity contribution is 7.90. The van der Waals surface area contributed by atoms with Gasteiger partial charge in [0, 0.05) is 18.4 Å². The largest absolute Gasteiger partial charge is 0.492 e. The number of piperidine rings is 1. The summed E-state index contributed by atoms with van der Waals surface area (Å²) < 4.78 is 37.9. The Balaban J connectivity index is 1.18. The summed E-state index contributed by atoms with van der Waals surface area (Å²) in [6.45, 7) is 8.05. The minimum Gasteiger partial charge on any atom is -0.492 e. The molecule has 1 saturated heterocycles. The summed E-state index contributed by atoms with van der Waals surface area (Å²) in [6, 6.07) is 7.53. The summed E-state index contributed by atoms with van der Waals surface area (Å²) in [5.74, 6) is 1.25. The number of allylic oxidation sites excluding steroid dienone is 1.